The van der Waals surface area contributed by atoms with Gasteiger partial charge in [0, 0.05) is 18.4 Å². The lowest BCUT2D eigenvalue weighted by atomic mass is 9.58. The Morgan fingerprint density at radius 1 is 1.43 bits per heavy atom. The van der Waals surface area contributed by atoms with Crippen LogP contribution in [0, 0.1) is 5.41 Å². The van der Waals surface area contributed by atoms with Crippen LogP contribution in [0.1, 0.15) is 33.1 Å². The van der Waals surface area contributed by atoms with Gasteiger partial charge in [0.2, 0.25) is 5.91 Å². The molecule has 134 valence electrons. The maximum absolute atomic E-state index is 12.2. The van der Waals surface area contributed by atoms with Crippen molar-refractivity contribution in [3.63, 3.8) is 0 Å². The van der Waals surface area contributed by atoms with E-state index in [1.165, 1.54) is 0 Å². The number of likely N-dealkylation sites (tertiary alicyclic amines) is 1. The smallest absolute Gasteiger partial charge is 0.392 e. The predicted molar refractivity (Wildman–Crippen MR) is 77.8 cm³/mol. The molecule has 0 aromatic heterocycles. The lowest BCUT2D eigenvalue weighted by molar-refractivity contribution is -0.211. The first-order chi connectivity index (χ1) is 10.7. The standard InChI is InChI=1S/C15H25F3N2O3/c1-3-23-12-8-11(21)14(12)4-6-20(7-5-14)10(2)13(22)19-9-15(16,17)18/h10-12,21H,3-9H2,1-2H3,(H,19,22). The van der Waals surface area contributed by atoms with Crippen molar-refractivity contribution in [1.82, 2.24) is 10.2 Å². The van der Waals surface area contributed by atoms with Crippen molar-refractivity contribution in [2.75, 3.05) is 26.2 Å². The summed E-state index contributed by atoms with van der Waals surface area (Å²) >= 11 is 0. The van der Waals surface area contributed by atoms with E-state index in [4.69, 9.17) is 4.74 Å². The number of hydrogen-bond acceptors (Lipinski definition) is 4. The maximum Gasteiger partial charge on any atom is 0.405 e. The van der Waals surface area contributed by atoms with Gasteiger partial charge in [0.1, 0.15) is 6.54 Å². The molecule has 1 heterocycles. The average molecular weight is 338 g/mol. The van der Waals surface area contributed by atoms with Gasteiger partial charge in [-0.25, -0.2) is 0 Å². The lowest BCUT2D eigenvalue weighted by Gasteiger charge is -2.57. The van der Waals surface area contributed by atoms with Gasteiger partial charge in [-0.1, -0.05) is 0 Å². The molecule has 1 aliphatic heterocycles. The molecule has 0 aromatic carbocycles. The molecule has 2 fully saturated rings. The Labute approximate surface area is 134 Å². The average Bonchev–Trinajstić information content (AvgIpc) is 2.51. The fourth-order valence-electron chi connectivity index (χ4n) is 3.65. The Morgan fingerprint density at radius 2 is 2.04 bits per heavy atom. The van der Waals surface area contributed by atoms with E-state index in [9.17, 15) is 23.1 Å². The van der Waals surface area contributed by atoms with E-state index in [1.807, 2.05) is 17.1 Å². The zero-order valence-electron chi connectivity index (χ0n) is 13.5. The van der Waals surface area contributed by atoms with E-state index in [0.29, 0.717) is 39.0 Å². The van der Waals surface area contributed by atoms with Crippen LogP contribution >= 0.6 is 0 Å². The van der Waals surface area contributed by atoms with Gasteiger partial charge in [-0.05, 0) is 39.8 Å². The maximum atomic E-state index is 12.2. The molecule has 23 heavy (non-hydrogen) atoms. The summed E-state index contributed by atoms with van der Waals surface area (Å²) in [4.78, 5) is 13.7. The number of carbonyl (C=O) groups is 1. The summed E-state index contributed by atoms with van der Waals surface area (Å²) in [7, 11) is 0. The van der Waals surface area contributed by atoms with Crippen LogP contribution in [-0.4, -0.2) is 66.6 Å². The summed E-state index contributed by atoms with van der Waals surface area (Å²) in [6.07, 6.45) is -2.74. The van der Waals surface area contributed by atoms with Gasteiger partial charge in [-0.15, -0.1) is 0 Å². The van der Waals surface area contributed by atoms with E-state index in [1.54, 1.807) is 6.92 Å². The molecule has 3 atom stereocenters. The largest absolute Gasteiger partial charge is 0.405 e. The molecule has 1 saturated carbocycles. The van der Waals surface area contributed by atoms with Gasteiger partial charge in [-0.2, -0.15) is 13.2 Å². The number of nitrogens with zero attached hydrogens (tertiary/aromatic N) is 1. The molecule has 2 rings (SSSR count). The lowest BCUT2D eigenvalue weighted by Crippen LogP contribution is -2.63. The molecule has 2 N–H and O–H groups in total. The molecule has 8 heteroatoms. The molecular weight excluding hydrogens is 313 g/mol. The summed E-state index contributed by atoms with van der Waals surface area (Å²) in [5, 5.41) is 12.1. The van der Waals surface area contributed by atoms with Crippen LogP contribution in [0.4, 0.5) is 13.2 Å². The SMILES string of the molecule is CCOC1CC(O)C12CCN(C(C)C(=O)NCC(F)(F)F)CC2. The van der Waals surface area contributed by atoms with Crippen molar-refractivity contribution in [3.05, 3.63) is 0 Å². The Kier molecular flexibility index (Phi) is 5.58. The molecule has 0 radical (unpaired) electrons. The van der Waals surface area contributed by atoms with E-state index in [-0.39, 0.29) is 11.5 Å². The highest BCUT2D eigenvalue weighted by atomic mass is 19.4. The molecule has 1 saturated heterocycles. The Balaban J connectivity index is 1.85. The number of aliphatic hydroxyl groups is 1. The van der Waals surface area contributed by atoms with Crippen LogP contribution in [0.15, 0.2) is 0 Å². The highest BCUT2D eigenvalue weighted by Crippen LogP contribution is 2.51. The van der Waals surface area contributed by atoms with E-state index in [0.717, 1.165) is 0 Å². The van der Waals surface area contributed by atoms with Gasteiger partial charge in [0.05, 0.1) is 18.2 Å². The van der Waals surface area contributed by atoms with Gasteiger partial charge in [0.15, 0.2) is 0 Å². The second-order valence-corrected chi connectivity index (χ2v) is 6.47. The molecule has 1 aliphatic carbocycles. The number of amides is 1. The van der Waals surface area contributed by atoms with E-state index in [2.05, 4.69) is 0 Å². The number of alkyl halides is 3. The van der Waals surface area contributed by atoms with Crippen LogP contribution in [0.25, 0.3) is 0 Å². The number of halogens is 3. The highest BCUT2D eigenvalue weighted by Gasteiger charge is 2.56. The normalized spacial score (nSPS) is 29.1. The third kappa shape index (κ3) is 3.97. The molecule has 2 aliphatic rings. The van der Waals surface area contributed by atoms with Crippen LogP contribution < -0.4 is 5.32 Å². The quantitative estimate of drug-likeness (QED) is 0.793. The number of nitrogens with one attached hydrogen (secondary N) is 1. The number of carbonyl (C=O) groups excluding carboxylic acids is 1. The first kappa shape index (κ1) is 18.5. The predicted octanol–water partition coefficient (Wildman–Crippen LogP) is 1.31. The Morgan fingerprint density at radius 3 is 2.52 bits per heavy atom. The van der Waals surface area contributed by atoms with Crippen molar-refractivity contribution >= 4 is 5.91 Å². The summed E-state index contributed by atoms with van der Waals surface area (Å²) in [6.45, 7) is 3.96. The monoisotopic (exact) mass is 338 g/mol. The minimum Gasteiger partial charge on any atom is -0.392 e. The molecule has 1 spiro atoms. The van der Waals surface area contributed by atoms with Crippen LogP contribution in [0.5, 0.6) is 0 Å². The van der Waals surface area contributed by atoms with Gasteiger partial charge < -0.3 is 15.2 Å². The fourth-order valence-corrected chi connectivity index (χ4v) is 3.65. The molecule has 0 aromatic rings. The van der Waals surface area contributed by atoms with Gasteiger partial charge in [-0.3, -0.25) is 9.69 Å². The highest BCUT2D eigenvalue weighted by molar-refractivity contribution is 5.81. The van der Waals surface area contributed by atoms with Crippen LogP contribution in [0.2, 0.25) is 0 Å². The number of piperidine rings is 1. The second kappa shape index (κ2) is 6.94. The minimum absolute atomic E-state index is 0.0408. The molecular formula is C15H25F3N2O3. The van der Waals surface area contributed by atoms with Gasteiger partial charge in [0.25, 0.3) is 0 Å². The van der Waals surface area contributed by atoms with E-state index < -0.39 is 30.8 Å². The third-order valence-corrected chi connectivity index (χ3v) is 5.23. The second-order valence-electron chi connectivity index (χ2n) is 6.47. The van der Waals surface area contributed by atoms with Crippen molar-refractivity contribution in [3.8, 4) is 0 Å². The topological polar surface area (TPSA) is 61.8 Å². The molecule has 3 unspecified atom stereocenters. The van der Waals surface area contributed by atoms with Crippen LogP contribution in [-0.2, 0) is 9.53 Å². The molecule has 0 bridgehead atoms. The Bertz CT molecular complexity index is 421. The summed E-state index contributed by atoms with van der Waals surface area (Å²) in [5.41, 5.74) is -0.255. The number of rotatable bonds is 5. The first-order valence-electron chi connectivity index (χ1n) is 8.08. The molecule has 5 nitrogen and oxygen atoms in total. The van der Waals surface area contributed by atoms with Crippen LogP contribution in [0.3, 0.4) is 0 Å². The van der Waals surface area contributed by atoms with Crippen molar-refractivity contribution < 1.29 is 27.8 Å². The fraction of sp³-hybridized carbons (Fsp3) is 0.933. The first-order valence-corrected chi connectivity index (χ1v) is 8.08. The Hall–Kier alpha value is -0.860. The summed E-state index contributed by atoms with van der Waals surface area (Å²) < 4.78 is 42.2. The van der Waals surface area contributed by atoms with Gasteiger partial charge >= 0.3 is 6.18 Å². The van der Waals surface area contributed by atoms with E-state index >= 15 is 0 Å². The zero-order chi connectivity index (χ0) is 17.3. The third-order valence-electron chi connectivity index (χ3n) is 5.23. The van der Waals surface area contributed by atoms with Crippen molar-refractivity contribution in [1.29, 1.82) is 0 Å². The van der Waals surface area contributed by atoms with Crippen molar-refractivity contribution in [2.24, 2.45) is 5.41 Å². The summed E-state index contributed by atoms with van der Waals surface area (Å²) in [5.74, 6) is -0.617. The minimum atomic E-state index is -4.40. The summed E-state index contributed by atoms with van der Waals surface area (Å²) in [6, 6.07) is -0.613. The number of hydrogen-bond donors (Lipinski definition) is 2. The number of aliphatic hydroxyl groups excluding tert-OH is 1. The number of ether oxygens (including phenoxy) is 1. The molecule has 1 amide bonds. The van der Waals surface area contributed by atoms with Crippen molar-refractivity contribution in [2.45, 2.75) is 57.5 Å². The zero-order valence-corrected chi connectivity index (χ0v) is 13.5.